The number of hydrogen-bond acceptors (Lipinski definition) is 4. The van der Waals surface area contributed by atoms with Crippen LogP contribution in [-0.2, 0) is 19.1 Å². The van der Waals surface area contributed by atoms with Gasteiger partial charge in [0.15, 0.2) is 0 Å². The second kappa shape index (κ2) is 7.28. The van der Waals surface area contributed by atoms with Crippen molar-refractivity contribution < 1.29 is 19.1 Å². The van der Waals surface area contributed by atoms with Gasteiger partial charge in [-0.1, -0.05) is 27.7 Å². The summed E-state index contributed by atoms with van der Waals surface area (Å²) in [6, 6.07) is 0. The highest BCUT2D eigenvalue weighted by molar-refractivity contribution is 5.69. The van der Waals surface area contributed by atoms with Gasteiger partial charge in [-0.25, -0.2) is 0 Å². The Bertz CT molecular complexity index is 333. The van der Waals surface area contributed by atoms with E-state index in [4.69, 9.17) is 9.47 Å². The van der Waals surface area contributed by atoms with E-state index in [0.717, 1.165) is 0 Å². The first-order valence-corrected chi connectivity index (χ1v) is 7.76. The summed E-state index contributed by atoms with van der Waals surface area (Å²) >= 11 is 0. The van der Waals surface area contributed by atoms with Crippen molar-refractivity contribution in [2.75, 3.05) is 0 Å². The third-order valence-electron chi connectivity index (χ3n) is 3.17. The summed E-state index contributed by atoms with van der Waals surface area (Å²) in [7, 11) is 0. The van der Waals surface area contributed by atoms with Gasteiger partial charge in [0.1, 0.15) is 11.2 Å². The number of ether oxygens (including phenoxy) is 2. The Kier molecular flexibility index (Phi) is 6.91. The molecule has 0 radical (unpaired) electrons. The molecule has 0 heterocycles. The Balaban J connectivity index is 4.74. The first kappa shape index (κ1) is 19.9. The number of carbonyl (C=O) groups excluding carboxylic acids is 2. The lowest BCUT2D eigenvalue weighted by Gasteiger charge is -2.39. The lowest BCUT2D eigenvalue weighted by Crippen LogP contribution is -2.39. The number of carbonyl (C=O) groups is 2. The maximum Gasteiger partial charge on any atom is 0.306 e. The average molecular weight is 300 g/mol. The summed E-state index contributed by atoms with van der Waals surface area (Å²) < 4.78 is 11.0. The van der Waals surface area contributed by atoms with E-state index in [0.29, 0.717) is 25.7 Å². The Morgan fingerprint density at radius 2 is 1.00 bits per heavy atom. The van der Waals surface area contributed by atoms with E-state index in [-0.39, 0.29) is 17.4 Å². The highest BCUT2D eigenvalue weighted by Gasteiger charge is 2.37. The number of rotatable bonds is 8. The Hall–Kier alpha value is -1.06. The largest absolute Gasteiger partial charge is 0.460 e. The fourth-order valence-electron chi connectivity index (χ4n) is 3.20. The first-order chi connectivity index (χ1) is 9.32. The lowest BCUT2D eigenvalue weighted by molar-refractivity contribution is -0.162. The molecule has 0 aliphatic heterocycles. The topological polar surface area (TPSA) is 52.6 Å². The summed E-state index contributed by atoms with van der Waals surface area (Å²) in [5.74, 6) is -0.375. The van der Waals surface area contributed by atoms with Crippen molar-refractivity contribution in [2.45, 2.75) is 92.3 Å². The van der Waals surface area contributed by atoms with Gasteiger partial charge in [0, 0.05) is 12.8 Å². The quantitative estimate of drug-likeness (QED) is 0.629. The van der Waals surface area contributed by atoms with Gasteiger partial charge >= 0.3 is 11.9 Å². The van der Waals surface area contributed by atoms with Crippen LogP contribution in [0.15, 0.2) is 0 Å². The third kappa shape index (κ3) is 8.74. The molecular formula is C17H32O4. The summed E-state index contributed by atoms with van der Waals surface area (Å²) in [6.07, 6.45) is 2.17. The summed E-state index contributed by atoms with van der Waals surface area (Å²) in [6.45, 7) is 15.5. The standard InChI is InChI=1S/C17H32O4/c1-9-13(18)20-16(5,6)11-15(3,4)12-17(7,8)21-14(19)10-2/h9-12H2,1-8H3. The monoisotopic (exact) mass is 300 g/mol. The van der Waals surface area contributed by atoms with E-state index in [2.05, 4.69) is 13.8 Å². The zero-order valence-electron chi connectivity index (χ0n) is 15.0. The van der Waals surface area contributed by atoms with Crippen LogP contribution >= 0.6 is 0 Å². The highest BCUT2D eigenvalue weighted by Crippen LogP contribution is 2.38. The maximum atomic E-state index is 11.5. The minimum atomic E-state index is -0.526. The molecule has 0 aliphatic rings. The van der Waals surface area contributed by atoms with Crippen LogP contribution in [0.3, 0.4) is 0 Å². The van der Waals surface area contributed by atoms with Crippen LogP contribution in [0.2, 0.25) is 0 Å². The molecule has 0 atom stereocenters. The van der Waals surface area contributed by atoms with Crippen LogP contribution in [0.1, 0.15) is 81.1 Å². The normalized spacial score (nSPS) is 13.0. The molecule has 0 aromatic heterocycles. The van der Waals surface area contributed by atoms with Gasteiger partial charge in [-0.15, -0.1) is 0 Å². The Morgan fingerprint density at radius 3 is 1.24 bits per heavy atom. The van der Waals surface area contributed by atoms with E-state index >= 15 is 0 Å². The zero-order valence-corrected chi connectivity index (χ0v) is 15.0. The molecule has 0 N–H and O–H groups in total. The molecule has 0 amide bonds. The molecule has 4 heteroatoms. The lowest BCUT2D eigenvalue weighted by atomic mass is 9.74. The van der Waals surface area contributed by atoms with Crippen LogP contribution in [-0.4, -0.2) is 23.1 Å². The van der Waals surface area contributed by atoms with Crippen LogP contribution in [0.25, 0.3) is 0 Å². The van der Waals surface area contributed by atoms with Gasteiger partial charge in [-0.3, -0.25) is 9.59 Å². The van der Waals surface area contributed by atoms with Crippen molar-refractivity contribution >= 4 is 11.9 Å². The molecule has 0 fully saturated rings. The van der Waals surface area contributed by atoms with E-state index in [9.17, 15) is 9.59 Å². The van der Waals surface area contributed by atoms with Crippen molar-refractivity contribution in [2.24, 2.45) is 5.41 Å². The number of hydrogen-bond donors (Lipinski definition) is 0. The van der Waals surface area contributed by atoms with Crippen LogP contribution in [0, 0.1) is 5.41 Å². The van der Waals surface area contributed by atoms with Gasteiger partial charge in [0.2, 0.25) is 0 Å². The molecule has 0 aromatic rings. The van der Waals surface area contributed by atoms with Gasteiger partial charge in [-0.05, 0) is 46.0 Å². The predicted octanol–water partition coefficient (Wildman–Crippen LogP) is 4.26. The fourth-order valence-corrected chi connectivity index (χ4v) is 3.20. The van der Waals surface area contributed by atoms with Gasteiger partial charge in [-0.2, -0.15) is 0 Å². The summed E-state index contributed by atoms with van der Waals surface area (Å²) in [5.41, 5.74) is -1.17. The molecule has 4 nitrogen and oxygen atoms in total. The maximum absolute atomic E-state index is 11.5. The molecule has 0 rings (SSSR count). The van der Waals surface area contributed by atoms with Crippen molar-refractivity contribution in [3.8, 4) is 0 Å². The Morgan fingerprint density at radius 1 is 0.714 bits per heavy atom. The molecule has 0 spiro atoms. The van der Waals surface area contributed by atoms with Crippen molar-refractivity contribution in [3.63, 3.8) is 0 Å². The van der Waals surface area contributed by atoms with E-state index < -0.39 is 11.2 Å². The minimum Gasteiger partial charge on any atom is -0.460 e. The first-order valence-electron chi connectivity index (χ1n) is 7.76. The second-order valence-corrected chi connectivity index (χ2v) is 7.69. The molecule has 0 saturated heterocycles. The van der Waals surface area contributed by atoms with Crippen molar-refractivity contribution in [3.05, 3.63) is 0 Å². The molecule has 0 bridgehead atoms. The molecular weight excluding hydrogens is 268 g/mol. The SMILES string of the molecule is CCC(=O)OC(C)(C)CC(C)(C)CC(C)(C)OC(=O)CC. The van der Waals surface area contributed by atoms with Gasteiger partial charge in [0.05, 0.1) is 0 Å². The summed E-state index contributed by atoms with van der Waals surface area (Å²) in [4.78, 5) is 23.0. The zero-order chi connectivity index (χ0) is 16.9. The van der Waals surface area contributed by atoms with Crippen molar-refractivity contribution in [1.82, 2.24) is 0 Å². The average Bonchev–Trinajstić information content (AvgIpc) is 2.23. The minimum absolute atomic E-state index is 0.116. The molecule has 124 valence electrons. The second-order valence-electron chi connectivity index (χ2n) is 7.69. The van der Waals surface area contributed by atoms with Crippen molar-refractivity contribution in [1.29, 1.82) is 0 Å². The van der Waals surface area contributed by atoms with Crippen LogP contribution < -0.4 is 0 Å². The molecule has 0 unspecified atom stereocenters. The smallest absolute Gasteiger partial charge is 0.306 e. The van der Waals surface area contributed by atoms with E-state index in [1.165, 1.54) is 0 Å². The third-order valence-corrected chi connectivity index (χ3v) is 3.17. The molecule has 0 saturated carbocycles. The molecule has 0 aliphatic carbocycles. The van der Waals surface area contributed by atoms with Crippen LogP contribution in [0.5, 0.6) is 0 Å². The van der Waals surface area contributed by atoms with Gasteiger partial charge < -0.3 is 9.47 Å². The van der Waals surface area contributed by atoms with E-state index in [1.54, 1.807) is 13.8 Å². The molecule has 21 heavy (non-hydrogen) atoms. The van der Waals surface area contributed by atoms with Crippen LogP contribution in [0.4, 0.5) is 0 Å². The van der Waals surface area contributed by atoms with E-state index in [1.807, 2.05) is 27.7 Å². The fraction of sp³-hybridized carbons (Fsp3) is 0.882. The number of esters is 2. The predicted molar refractivity (Wildman–Crippen MR) is 83.9 cm³/mol. The molecule has 0 aromatic carbocycles. The summed E-state index contributed by atoms with van der Waals surface area (Å²) in [5, 5.41) is 0. The van der Waals surface area contributed by atoms with Gasteiger partial charge in [0.25, 0.3) is 0 Å². The highest BCUT2D eigenvalue weighted by atomic mass is 16.6. The Labute approximate surface area is 129 Å².